The number of ether oxygens (including phenoxy) is 2. The number of nitrogens with zero attached hydrogens (tertiary/aromatic N) is 4. The third-order valence-electron chi connectivity index (χ3n) is 13.6. The van der Waals surface area contributed by atoms with Crippen molar-refractivity contribution in [3.63, 3.8) is 0 Å². The lowest BCUT2D eigenvalue weighted by Gasteiger charge is -2.39. The Kier molecular flexibility index (Phi) is 30.8. The molecule has 2 fully saturated rings. The summed E-state index contributed by atoms with van der Waals surface area (Å²) in [7, 11) is 6.25. The van der Waals surface area contributed by atoms with Crippen molar-refractivity contribution in [1.82, 2.24) is 30.2 Å². The molecule has 7 amide bonds. The molecule has 17 heteroatoms. The highest BCUT2D eigenvalue weighted by molar-refractivity contribution is 8.00. The van der Waals surface area contributed by atoms with Gasteiger partial charge in [0, 0.05) is 54.2 Å². The first-order valence-corrected chi connectivity index (χ1v) is 27.1. The van der Waals surface area contributed by atoms with Crippen LogP contribution in [0.25, 0.3) is 0 Å². The smallest absolute Gasteiger partial charge is 0.243 e. The summed E-state index contributed by atoms with van der Waals surface area (Å²) < 4.78 is 11.9. The largest absolute Gasteiger partial charge is 0.386 e. The number of methoxy groups -OCH3 is 2. The predicted octanol–water partition coefficient (Wildman–Crippen LogP) is 6.55. The minimum absolute atomic E-state index is 0.0405. The summed E-state index contributed by atoms with van der Waals surface area (Å²) in [5.41, 5.74) is 0.516. The number of unbranched alkanes of at least 4 members (excludes halogenated alkanes) is 2. The molecular weight excluding hydrogens is 925 g/mol. The summed E-state index contributed by atoms with van der Waals surface area (Å²) in [5, 5.41) is 16.1. The molecule has 0 aliphatic carbocycles. The summed E-state index contributed by atoms with van der Waals surface area (Å²) in [6.07, 6.45) is 8.71. The van der Waals surface area contributed by atoms with Gasteiger partial charge in [-0.25, -0.2) is 0 Å². The molecule has 0 radical (unpaired) electrons. The summed E-state index contributed by atoms with van der Waals surface area (Å²) in [4.78, 5) is 100. The fraction of sp³-hybridized carbons (Fsp3) is 0.759. The number of thioether (sulfide) groups is 1. The monoisotopic (exact) mass is 1020 g/mol. The molecule has 2 heterocycles. The third-order valence-corrected chi connectivity index (χ3v) is 14.9. The molecule has 2 saturated heterocycles. The predicted molar refractivity (Wildman–Crippen MR) is 284 cm³/mol. The average Bonchev–Trinajstić information content (AvgIpc) is 3.92. The van der Waals surface area contributed by atoms with Crippen LogP contribution in [0.15, 0.2) is 37.0 Å². The van der Waals surface area contributed by atoms with Crippen LogP contribution in [0.2, 0.25) is 0 Å². The van der Waals surface area contributed by atoms with Crippen LogP contribution in [-0.2, 0) is 43.0 Å². The van der Waals surface area contributed by atoms with E-state index in [0.717, 1.165) is 12.2 Å². The molecule has 71 heavy (non-hydrogen) atoms. The highest BCUT2D eigenvalue weighted by Gasteiger charge is 2.43. The summed E-state index contributed by atoms with van der Waals surface area (Å²) in [5.74, 6) is -1.52. The Morgan fingerprint density at radius 3 is 2.11 bits per heavy atom. The van der Waals surface area contributed by atoms with E-state index >= 15 is 0 Å². The molecule has 3 N–H and O–H groups in total. The lowest BCUT2D eigenvalue weighted by atomic mass is 9.90. The lowest BCUT2D eigenvalue weighted by Crippen LogP contribution is -2.56. The van der Waals surface area contributed by atoms with Crippen molar-refractivity contribution in [2.24, 2.45) is 23.7 Å². The van der Waals surface area contributed by atoms with Gasteiger partial charge in [-0.15, -0.1) is 11.8 Å². The molecule has 16 nitrogen and oxygen atoms in total. The van der Waals surface area contributed by atoms with Gasteiger partial charge in [0.2, 0.25) is 41.4 Å². The average molecular weight is 1020 g/mol. The molecular formula is C54H94N6O10S. The second kappa shape index (κ2) is 33.6. The van der Waals surface area contributed by atoms with E-state index in [4.69, 9.17) is 9.47 Å². The molecule has 0 aromatic heterocycles. The second-order valence-electron chi connectivity index (χ2n) is 20.1. The highest BCUT2D eigenvalue weighted by atomic mass is 32.2. The zero-order valence-corrected chi connectivity index (χ0v) is 46.8. The number of rotatable bonds is 31. The van der Waals surface area contributed by atoms with Gasteiger partial charge < -0.3 is 39.9 Å². The maximum Gasteiger partial charge on any atom is 0.243 e. The Hall–Kier alpha value is -4.06. The van der Waals surface area contributed by atoms with Gasteiger partial charge in [0.25, 0.3) is 0 Å². The maximum atomic E-state index is 14.2. The fourth-order valence-corrected chi connectivity index (χ4v) is 10.7. The normalized spacial score (nSPS) is 19.5. The second-order valence-corrected chi connectivity index (χ2v) is 21.4. The van der Waals surface area contributed by atoms with Crippen LogP contribution >= 0.6 is 11.8 Å². The third kappa shape index (κ3) is 20.1. The minimum atomic E-state index is -1.01. The van der Waals surface area contributed by atoms with Crippen molar-refractivity contribution in [3.05, 3.63) is 37.0 Å². The number of hydrogen-bond acceptors (Lipinski definition) is 11. The van der Waals surface area contributed by atoms with E-state index in [-0.39, 0.29) is 78.3 Å². The van der Waals surface area contributed by atoms with Crippen molar-refractivity contribution >= 4 is 53.1 Å². The van der Waals surface area contributed by atoms with Gasteiger partial charge >= 0.3 is 0 Å². The highest BCUT2D eigenvalue weighted by Crippen LogP contribution is 2.30. The van der Waals surface area contributed by atoms with E-state index in [1.54, 1.807) is 50.7 Å². The van der Waals surface area contributed by atoms with Crippen LogP contribution < -0.4 is 10.6 Å². The first-order valence-electron chi connectivity index (χ1n) is 26.1. The Bertz CT molecular complexity index is 1760. The van der Waals surface area contributed by atoms with Gasteiger partial charge in [-0.05, 0) is 68.1 Å². The van der Waals surface area contributed by atoms with Crippen LogP contribution in [0.5, 0.6) is 0 Å². The number of likely N-dealkylation sites (tertiary alicyclic amines) is 2. The molecule has 2 aliphatic heterocycles. The molecule has 2 rings (SSSR count). The van der Waals surface area contributed by atoms with Gasteiger partial charge in [0.15, 0.2) is 0 Å². The summed E-state index contributed by atoms with van der Waals surface area (Å²) in [6.45, 7) is 27.5. The first-order chi connectivity index (χ1) is 33.5. The topological polar surface area (TPSA) is 195 Å². The van der Waals surface area contributed by atoms with Crippen LogP contribution in [-0.4, -0.2) is 167 Å². The number of imide groups is 1. The molecule has 406 valence electrons. The van der Waals surface area contributed by atoms with Crippen LogP contribution in [0.4, 0.5) is 0 Å². The van der Waals surface area contributed by atoms with Gasteiger partial charge in [-0.2, -0.15) is 0 Å². The van der Waals surface area contributed by atoms with E-state index in [2.05, 4.69) is 51.5 Å². The van der Waals surface area contributed by atoms with Crippen molar-refractivity contribution < 1.29 is 48.1 Å². The zero-order chi connectivity index (χ0) is 54.1. The Labute approximate surface area is 431 Å². The van der Waals surface area contributed by atoms with Gasteiger partial charge in [0.1, 0.15) is 6.04 Å². The van der Waals surface area contributed by atoms with Crippen LogP contribution in [0.1, 0.15) is 140 Å². The maximum absolute atomic E-state index is 14.2. The van der Waals surface area contributed by atoms with Crippen molar-refractivity contribution in [2.75, 3.05) is 53.7 Å². The standard InChI is InChI=1S/C51H86N6O10S.C3H8/c1-15-22-37(17-3)47(62)36(10)53-49(63)35(9)48(67-14)38-23-21-27-56(38)42(59)29-39(66-13)46(34(8)16-2)55(12)44(61)31-52-50(64)45(33(6)7)54(11)41(58)24-19-18-20-26-57-43(60)30-40(51(57)65)68-28-25-32(4)5;1-3-2/h15,17,22,32-36,38-40,45-48,62H,1,3,16,18-21,23-31H2,2,4-14H3,(H,52,64)(H,53,63);3H2,1-2H3/b37-22+;. The van der Waals surface area contributed by atoms with Crippen LogP contribution in [0.3, 0.4) is 0 Å². The number of hydrogen-bond donors (Lipinski definition) is 3. The Morgan fingerprint density at radius 2 is 1.56 bits per heavy atom. The quantitative estimate of drug-likeness (QED) is 0.0387. The van der Waals surface area contributed by atoms with E-state index < -0.39 is 54.3 Å². The van der Waals surface area contributed by atoms with Crippen molar-refractivity contribution in [1.29, 1.82) is 0 Å². The molecule has 2 aliphatic rings. The van der Waals surface area contributed by atoms with E-state index in [1.165, 1.54) is 47.5 Å². The number of aliphatic hydroxyl groups excluding tert-OH is 1. The number of nitrogens with one attached hydrogen (secondary N) is 2. The molecule has 0 aromatic carbocycles. The molecule has 0 bridgehead atoms. The Morgan fingerprint density at radius 1 is 0.915 bits per heavy atom. The van der Waals surface area contributed by atoms with E-state index in [0.29, 0.717) is 63.1 Å². The fourth-order valence-electron chi connectivity index (χ4n) is 9.31. The molecule has 0 aromatic rings. The van der Waals surface area contributed by atoms with Crippen molar-refractivity contribution in [3.8, 4) is 0 Å². The number of allylic oxidation sites excluding steroid dienone is 2. The lowest BCUT2D eigenvalue weighted by molar-refractivity contribution is -0.146. The van der Waals surface area contributed by atoms with E-state index in [9.17, 15) is 38.7 Å². The van der Waals surface area contributed by atoms with Crippen molar-refractivity contribution in [2.45, 2.75) is 188 Å². The van der Waals surface area contributed by atoms with Gasteiger partial charge in [-0.3, -0.25) is 38.5 Å². The van der Waals surface area contributed by atoms with E-state index in [1.807, 2.05) is 27.7 Å². The Balaban J connectivity index is 0.00000818. The number of amides is 7. The number of likely N-dealkylation sites (N-methyl/N-ethyl adjacent to an activating group) is 2. The zero-order valence-electron chi connectivity index (χ0n) is 46.0. The van der Waals surface area contributed by atoms with Crippen LogP contribution in [0, 0.1) is 23.7 Å². The minimum Gasteiger partial charge on any atom is -0.386 e. The summed E-state index contributed by atoms with van der Waals surface area (Å²) >= 11 is 1.55. The number of carbonyl (C=O) groups excluding carboxylic acids is 7. The first kappa shape index (κ1) is 65.0. The van der Waals surface area contributed by atoms with Gasteiger partial charge in [0.05, 0.1) is 60.6 Å². The van der Waals surface area contributed by atoms with Gasteiger partial charge in [-0.1, -0.05) is 113 Å². The SMILES string of the molecule is C=C/C=C(\C=C)C(O)C(C)NC(=O)C(C)C(OC)C1CCCN1C(=O)CC(OC)C(C(C)CC)N(C)C(=O)CNC(=O)C(C(C)C)N(C)C(=O)CCCCCN1C(=O)CC(SCCC(C)C)C1=O.CCC. The number of carbonyl (C=O) groups is 7. The molecule has 0 saturated carbocycles. The molecule has 10 atom stereocenters. The summed E-state index contributed by atoms with van der Waals surface area (Å²) in [6, 6.07) is -2.41. The number of aliphatic hydroxyl groups is 1. The molecule has 10 unspecified atom stereocenters. The molecule has 0 spiro atoms.